The summed E-state index contributed by atoms with van der Waals surface area (Å²) in [5, 5.41) is 7.63. The Bertz CT molecular complexity index is 846. The van der Waals surface area contributed by atoms with Crippen molar-refractivity contribution < 1.29 is 14.3 Å². The highest BCUT2D eigenvalue weighted by molar-refractivity contribution is 6.31. The molecule has 0 spiro atoms. The summed E-state index contributed by atoms with van der Waals surface area (Å²) in [6.07, 6.45) is 4.85. The van der Waals surface area contributed by atoms with Gasteiger partial charge in [-0.05, 0) is 62.9 Å². The number of hydrogen-bond acceptors (Lipinski definition) is 4. The number of carbonyl (C=O) groups is 2. The molecule has 1 saturated heterocycles. The largest absolute Gasteiger partial charge is 0.471 e. The van der Waals surface area contributed by atoms with Crippen molar-refractivity contribution in [3.8, 4) is 5.75 Å². The van der Waals surface area contributed by atoms with Crippen molar-refractivity contribution >= 4 is 23.4 Å². The summed E-state index contributed by atoms with van der Waals surface area (Å²) >= 11 is 6.00. The van der Waals surface area contributed by atoms with Gasteiger partial charge in [-0.1, -0.05) is 11.6 Å². The number of piperidine rings is 1. The number of likely N-dealkylation sites (tertiary alicyclic amines) is 1. The van der Waals surface area contributed by atoms with E-state index in [1.54, 1.807) is 31.3 Å². The first-order valence-electron chi connectivity index (χ1n) is 9.46. The molecule has 1 aromatic heterocycles. The minimum atomic E-state index is -0.580. The normalized spacial score (nSPS) is 15.2. The Balaban J connectivity index is 1.53. The Labute approximate surface area is 169 Å². The van der Waals surface area contributed by atoms with Crippen LogP contribution >= 0.6 is 11.6 Å². The monoisotopic (exact) mass is 404 g/mol. The molecule has 2 heterocycles. The van der Waals surface area contributed by atoms with E-state index in [2.05, 4.69) is 10.4 Å². The van der Waals surface area contributed by atoms with Crippen molar-refractivity contribution in [3.05, 3.63) is 46.7 Å². The van der Waals surface area contributed by atoms with Crippen LogP contribution < -0.4 is 10.1 Å². The molecule has 3 rings (SSSR count). The molecular formula is C20H25ClN4O3. The fourth-order valence-corrected chi connectivity index (χ4v) is 3.24. The molecule has 1 aliphatic rings. The van der Waals surface area contributed by atoms with Gasteiger partial charge in [-0.3, -0.25) is 9.59 Å². The second kappa shape index (κ2) is 9.10. The molecule has 0 saturated carbocycles. The third-order valence-electron chi connectivity index (χ3n) is 4.75. The maximum atomic E-state index is 12.4. The Morgan fingerprint density at radius 2 is 2.00 bits per heavy atom. The predicted molar refractivity (Wildman–Crippen MR) is 106 cm³/mol. The van der Waals surface area contributed by atoms with E-state index in [4.69, 9.17) is 16.3 Å². The number of hydrogen-bond donors (Lipinski definition) is 1. The van der Waals surface area contributed by atoms with Crippen molar-refractivity contribution in [2.45, 2.75) is 45.9 Å². The average Bonchev–Trinajstić information content (AvgIpc) is 3.18. The third kappa shape index (κ3) is 5.04. The van der Waals surface area contributed by atoms with Crippen LogP contribution in [0.15, 0.2) is 30.5 Å². The zero-order valence-electron chi connectivity index (χ0n) is 16.2. The molecule has 1 aliphatic heterocycles. The molecule has 0 bridgehead atoms. The Hall–Kier alpha value is -2.54. The van der Waals surface area contributed by atoms with E-state index in [9.17, 15) is 9.59 Å². The highest BCUT2D eigenvalue weighted by Crippen LogP contribution is 2.21. The summed E-state index contributed by atoms with van der Waals surface area (Å²) in [5.74, 6) is 0.247. The van der Waals surface area contributed by atoms with Crippen LogP contribution in [0.1, 0.15) is 42.2 Å². The highest BCUT2D eigenvalue weighted by Gasteiger charge is 2.24. The number of aryl methyl sites for hydroxylation is 1. The first-order chi connectivity index (χ1) is 13.4. The molecule has 28 heavy (non-hydrogen) atoms. The quantitative estimate of drug-likeness (QED) is 0.802. The van der Waals surface area contributed by atoms with Crippen LogP contribution in [-0.4, -0.2) is 45.6 Å². The van der Waals surface area contributed by atoms with E-state index in [-0.39, 0.29) is 24.2 Å². The number of aromatic nitrogens is 2. The van der Waals surface area contributed by atoms with Crippen LogP contribution in [0.5, 0.6) is 5.75 Å². The van der Waals surface area contributed by atoms with E-state index in [1.807, 2.05) is 17.9 Å². The summed E-state index contributed by atoms with van der Waals surface area (Å²) < 4.78 is 7.19. The Morgan fingerprint density at radius 1 is 1.25 bits per heavy atom. The van der Waals surface area contributed by atoms with Gasteiger partial charge >= 0.3 is 0 Å². The lowest BCUT2D eigenvalue weighted by atomic mass is 10.1. The van der Waals surface area contributed by atoms with Gasteiger partial charge in [0.15, 0.2) is 6.73 Å². The van der Waals surface area contributed by atoms with Gasteiger partial charge < -0.3 is 15.0 Å². The molecule has 0 radical (unpaired) electrons. The molecule has 0 aliphatic carbocycles. The number of halogens is 1. The van der Waals surface area contributed by atoms with E-state index in [0.29, 0.717) is 10.8 Å². The standard InChI is InChI=1S/C20H25ClN4O3/c1-14-12-16(6-7-17(14)21)28-13-25-11-8-18(23-25)19(26)22-15(2)20(27)24-9-4-3-5-10-24/h6-8,11-12,15H,3-5,9-10,13H2,1-2H3,(H,22,26). The van der Waals surface area contributed by atoms with Gasteiger partial charge in [-0.15, -0.1) is 0 Å². The molecule has 7 nitrogen and oxygen atoms in total. The summed E-state index contributed by atoms with van der Waals surface area (Å²) in [5.41, 5.74) is 1.17. The predicted octanol–water partition coefficient (Wildman–Crippen LogP) is 3.01. The smallest absolute Gasteiger partial charge is 0.272 e. The van der Waals surface area contributed by atoms with Gasteiger partial charge in [0, 0.05) is 24.3 Å². The molecule has 1 N–H and O–H groups in total. The zero-order chi connectivity index (χ0) is 20.1. The second-order valence-corrected chi connectivity index (χ2v) is 7.41. The first kappa shape index (κ1) is 20.2. The molecule has 1 atom stereocenters. The number of benzene rings is 1. The van der Waals surface area contributed by atoms with Gasteiger partial charge in [-0.2, -0.15) is 5.10 Å². The van der Waals surface area contributed by atoms with Crippen LogP contribution in [0, 0.1) is 6.92 Å². The average molecular weight is 405 g/mol. The van der Waals surface area contributed by atoms with Gasteiger partial charge in [0.05, 0.1) is 0 Å². The van der Waals surface area contributed by atoms with Crippen molar-refractivity contribution in [3.63, 3.8) is 0 Å². The molecule has 1 fully saturated rings. The Morgan fingerprint density at radius 3 is 2.71 bits per heavy atom. The van der Waals surface area contributed by atoms with Gasteiger partial charge in [0.1, 0.15) is 17.5 Å². The first-order valence-corrected chi connectivity index (χ1v) is 9.84. The molecule has 1 unspecified atom stereocenters. The second-order valence-electron chi connectivity index (χ2n) is 7.01. The number of carbonyl (C=O) groups excluding carboxylic acids is 2. The van der Waals surface area contributed by atoms with Crippen LogP contribution in [0.3, 0.4) is 0 Å². The maximum absolute atomic E-state index is 12.4. The number of ether oxygens (including phenoxy) is 1. The van der Waals surface area contributed by atoms with Crippen LogP contribution in [-0.2, 0) is 11.5 Å². The summed E-state index contributed by atoms with van der Waals surface area (Å²) in [6, 6.07) is 6.41. The molecular weight excluding hydrogens is 380 g/mol. The van der Waals surface area contributed by atoms with E-state index >= 15 is 0 Å². The van der Waals surface area contributed by atoms with Gasteiger partial charge in [0.2, 0.25) is 5.91 Å². The van der Waals surface area contributed by atoms with Crippen LogP contribution in [0.2, 0.25) is 5.02 Å². The zero-order valence-corrected chi connectivity index (χ0v) is 16.9. The maximum Gasteiger partial charge on any atom is 0.272 e. The third-order valence-corrected chi connectivity index (χ3v) is 5.18. The highest BCUT2D eigenvalue weighted by atomic mass is 35.5. The lowest BCUT2D eigenvalue weighted by Crippen LogP contribution is -2.48. The number of nitrogens with zero attached hydrogens (tertiary/aromatic N) is 3. The summed E-state index contributed by atoms with van der Waals surface area (Å²) in [7, 11) is 0. The SMILES string of the molecule is Cc1cc(OCn2ccc(C(=O)NC(C)C(=O)N3CCCCC3)n2)ccc1Cl. The topological polar surface area (TPSA) is 76.5 Å². The van der Waals surface area contributed by atoms with Crippen molar-refractivity contribution in [2.75, 3.05) is 13.1 Å². The Kier molecular flexibility index (Phi) is 6.57. The van der Waals surface area contributed by atoms with Gasteiger partial charge in [0.25, 0.3) is 5.91 Å². The minimum absolute atomic E-state index is 0.0473. The summed E-state index contributed by atoms with van der Waals surface area (Å²) in [6.45, 7) is 5.29. The van der Waals surface area contributed by atoms with E-state index < -0.39 is 6.04 Å². The minimum Gasteiger partial charge on any atom is -0.471 e. The number of rotatable bonds is 6. The van der Waals surface area contributed by atoms with E-state index in [1.165, 1.54) is 4.68 Å². The van der Waals surface area contributed by atoms with Crippen LogP contribution in [0.25, 0.3) is 0 Å². The molecule has 1 aromatic carbocycles. The number of amides is 2. The van der Waals surface area contributed by atoms with E-state index in [0.717, 1.165) is 37.9 Å². The molecule has 8 heteroatoms. The lowest BCUT2D eigenvalue weighted by Gasteiger charge is -2.29. The summed E-state index contributed by atoms with van der Waals surface area (Å²) in [4.78, 5) is 26.7. The fraction of sp³-hybridized carbons (Fsp3) is 0.450. The van der Waals surface area contributed by atoms with Crippen molar-refractivity contribution in [2.24, 2.45) is 0 Å². The fourth-order valence-electron chi connectivity index (χ4n) is 3.12. The van der Waals surface area contributed by atoms with Crippen molar-refractivity contribution in [1.29, 1.82) is 0 Å². The number of nitrogens with one attached hydrogen (secondary N) is 1. The lowest BCUT2D eigenvalue weighted by molar-refractivity contribution is -0.133. The van der Waals surface area contributed by atoms with Gasteiger partial charge in [-0.25, -0.2) is 4.68 Å². The van der Waals surface area contributed by atoms with Crippen molar-refractivity contribution in [1.82, 2.24) is 20.0 Å². The molecule has 2 amide bonds. The van der Waals surface area contributed by atoms with Crippen LogP contribution in [0.4, 0.5) is 0 Å². The molecule has 150 valence electrons. The molecule has 2 aromatic rings.